The Morgan fingerprint density at radius 2 is 1.81 bits per heavy atom. The molecule has 2 rings (SSSR count). The Morgan fingerprint density at radius 3 is 2.39 bits per heavy atom. The van der Waals surface area contributed by atoms with Gasteiger partial charge in [0.25, 0.3) is 0 Å². The predicted octanol–water partition coefficient (Wildman–Crippen LogP) is 2.45. The number of nitrogens with one attached hydrogen (secondary N) is 1. The maximum atomic E-state index is 14.2. The van der Waals surface area contributed by atoms with Gasteiger partial charge >= 0.3 is 0 Å². The molecule has 9 heteroatoms. The van der Waals surface area contributed by atoms with E-state index < -0.39 is 40.2 Å². The van der Waals surface area contributed by atoms with Gasteiger partial charge in [0.15, 0.2) is 0 Å². The minimum Gasteiger partial charge on any atom is -0.355 e. The Labute approximate surface area is 182 Å². The number of hydrogen-bond donors (Lipinski definition) is 1. The predicted molar refractivity (Wildman–Crippen MR) is 118 cm³/mol. The van der Waals surface area contributed by atoms with Gasteiger partial charge in [0.2, 0.25) is 21.8 Å². The zero-order valence-electron chi connectivity index (χ0n) is 18.1. The number of amides is 2. The Hall–Kier alpha value is -2.94. The summed E-state index contributed by atoms with van der Waals surface area (Å²) in [7, 11) is -3.79. The second-order valence-electron chi connectivity index (χ2n) is 7.29. The van der Waals surface area contributed by atoms with Gasteiger partial charge < -0.3 is 10.2 Å². The van der Waals surface area contributed by atoms with E-state index in [-0.39, 0.29) is 12.1 Å². The van der Waals surface area contributed by atoms with Crippen LogP contribution >= 0.6 is 0 Å². The Morgan fingerprint density at radius 1 is 1.13 bits per heavy atom. The molecular formula is C22H28FN3O4S. The zero-order valence-corrected chi connectivity index (χ0v) is 18.9. The topological polar surface area (TPSA) is 86.8 Å². The highest BCUT2D eigenvalue weighted by Gasteiger charge is 2.30. The van der Waals surface area contributed by atoms with Crippen LogP contribution < -0.4 is 9.62 Å². The number of sulfonamides is 1. The third kappa shape index (κ3) is 6.52. The number of halogens is 1. The molecule has 0 radical (unpaired) electrons. The van der Waals surface area contributed by atoms with Gasteiger partial charge in [-0.1, -0.05) is 30.3 Å². The number of aryl methyl sites for hydroxylation is 1. The third-order valence-corrected chi connectivity index (χ3v) is 5.93. The van der Waals surface area contributed by atoms with Gasteiger partial charge in [0.05, 0.1) is 11.9 Å². The van der Waals surface area contributed by atoms with Crippen molar-refractivity contribution in [3.8, 4) is 0 Å². The number of nitrogens with zero attached hydrogens (tertiary/aromatic N) is 2. The lowest BCUT2D eigenvalue weighted by molar-refractivity contribution is -0.139. The van der Waals surface area contributed by atoms with E-state index in [2.05, 4.69) is 5.32 Å². The molecule has 2 amide bonds. The number of hydrogen-bond acceptors (Lipinski definition) is 4. The van der Waals surface area contributed by atoms with E-state index in [0.717, 1.165) is 16.1 Å². The molecule has 0 heterocycles. The van der Waals surface area contributed by atoms with E-state index in [1.165, 1.54) is 30.0 Å². The molecule has 0 aliphatic rings. The van der Waals surface area contributed by atoms with Gasteiger partial charge in [-0.15, -0.1) is 0 Å². The minimum absolute atomic E-state index is 0.171. The lowest BCUT2D eigenvalue weighted by atomic mass is 10.1. The number of carbonyl (C=O) groups is 2. The van der Waals surface area contributed by atoms with Gasteiger partial charge in [0, 0.05) is 18.7 Å². The Kier molecular flexibility index (Phi) is 8.15. The fraction of sp³-hybridized carbons (Fsp3) is 0.364. The third-order valence-electron chi connectivity index (χ3n) is 4.79. The van der Waals surface area contributed by atoms with Crippen LogP contribution in [-0.2, 0) is 26.2 Å². The molecule has 1 atom stereocenters. The van der Waals surface area contributed by atoms with Crippen LogP contribution in [0.5, 0.6) is 0 Å². The summed E-state index contributed by atoms with van der Waals surface area (Å²) in [5.74, 6) is -1.54. The lowest BCUT2D eigenvalue weighted by Crippen LogP contribution is -2.51. The molecule has 0 aliphatic heterocycles. The summed E-state index contributed by atoms with van der Waals surface area (Å²) in [6, 6.07) is 11.8. The summed E-state index contributed by atoms with van der Waals surface area (Å²) in [5, 5.41) is 2.65. The molecule has 0 bridgehead atoms. The highest BCUT2D eigenvalue weighted by molar-refractivity contribution is 7.92. The van der Waals surface area contributed by atoms with E-state index >= 15 is 0 Å². The molecule has 0 saturated carbocycles. The largest absolute Gasteiger partial charge is 0.355 e. The van der Waals surface area contributed by atoms with Gasteiger partial charge in [0.1, 0.15) is 18.4 Å². The van der Waals surface area contributed by atoms with Crippen molar-refractivity contribution in [2.24, 2.45) is 0 Å². The summed E-state index contributed by atoms with van der Waals surface area (Å²) >= 11 is 0. The van der Waals surface area contributed by atoms with Crippen molar-refractivity contribution in [2.45, 2.75) is 33.4 Å². The number of rotatable bonds is 9. The Balaban J connectivity index is 2.40. The maximum absolute atomic E-state index is 14.2. The average molecular weight is 450 g/mol. The highest BCUT2D eigenvalue weighted by atomic mass is 32.2. The molecule has 31 heavy (non-hydrogen) atoms. The van der Waals surface area contributed by atoms with Crippen LogP contribution in [0.3, 0.4) is 0 Å². The number of carbonyl (C=O) groups excluding carboxylic acids is 2. The van der Waals surface area contributed by atoms with Crippen LogP contribution in [0.15, 0.2) is 48.5 Å². The molecule has 168 valence electrons. The molecule has 0 fully saturated rings. The summed E-state index contributed by atoms with van der Waals surface area (Å²) in [6.07, 6.45) is 1.01. The fourth-order valence-corrected chi connectivity index (χ4v) is 3.95. The normalized spacial score (nSPS) is 12.2. The molecular weight excluding hydrogens is 421 g/mol. The first-order valence-corrected chi connectivity index (χ1v) is 11.7. The van der Waals surface area contributed by atoms with Crippen LogP contribution in [0, 0.1) is 12.7 Å². The van der Waals surface area contributed by atoms with Gasteiger partial charge in [-0.25, -0.2) is 12.8 Å². The average Bonchev–Trinajstić information content (AvgIpc) is 2.70. The van der Waals surface area contributed by atoms with Crippen molar-refractivity contribution in [3.63, 3.8) is 0 Å². The molecule has 7 nitrogen and oxygen atoms in total. The SMILES string of the molecule is CCNC(=O)[C@H](C)N(Cc1ccccc1F)C(=O)CN(c1cccc(C)c1)S(C)(=O)=O. The first-order chi connectivity index (χ1) is 14.5. The number of likely N-dealkylation sites (N-methyl/N-ethyl adjacent to an activating group) is 1. The number of anilines is 1. The van der Waals surface area contributed by atoms with Crippen LogP contribution in [0.4, 0.5) is 10.1 Å². The van der Waals surface area contributed by atoms with Gasteiger partial charge in [-0.05, 0) is 44.5 Å². The molecule has 0 saturated heterocycles. The van der Waals surface area contributed by atoms with Crippen molar-refractivity contribution >= 4 is 27.5 Å². The van der Waals surface area contributed by atoms with Crippen molar-refractivity contribution in [3.05, 3.63) is 65.5 Å². The van der Waals surface area contributed by atoms with Gasteiger partial charge in [-0.2, -0.15) is 0 Å². The molecule has 0 unspecified atom stereocenters. The van der Waals surface area contributed by atoms with E-state index in [4.69, 9.17) is 0 Å². The molecule has 0 aromatic heterocycles. The lowest BCUT2D eigenvalue weighted by Gasteiger charge is -2.31. The highest BCUT2D eigenvalue weighted by Crippen LogP contribution is 2.20. The first kappa shape index (κ1) is 24.3. The van der Waals surface area contributed by atoms with E-state index in [1.54, 1.807) is 31.2 Å². The van der Waals surface area contributed by atoms with Crippen molar-refractivity contribution < 1.29 is 22.4 Å². The standard InChI is InChI=1S/C22H28FN3O4S/c1-5-24-22(28)17(3)25(14-18-10-6-7-12-20(18)23)21(27)15-26(31(4,29)30)19-11-8-9-16(2)13-19/h6-13,17H,5,14-15H2,1-4H3,(H,24,28)/t17-/m0/s1. The molecule has 0 aliphatic carbocycles. The van der Waals surface area contributed by atoms with E-state index in [1.807, 2.05) is 13.0 Å². The fourth-order valence-electron chi connectivity index (χ4n) is 3.11. The van der Waals surface area contributed by atoms with E-state index in [0.29, 0.717) is 12.2 Å². The minimum atomic E-state index is -3.79. The van der Waals surface area contributed by atoms with Crippen LogP contribution in [0.1, 0.15) is 25.0 Å². The zero-order chi connectivity index (χ0) is 23.2. The molecule has 1 N–H and O–H groups in total. The van der Waals surface area contributed by atoms with Crippen molar-refractivity contribution in [1.29, 1.82) is 0 Å². The summed E-state index contributed by atoms with van der Waals surface area (Å²) in [6.45, 7) is 4.77. The quantitative estimate of drug-likeness (QED) is 0.637. The summed E-state index contributed by atoms with van der Waals surface area (Å²) in [5.41, 5.74) is 1.40. The van der Waals surface area contributed by atoms with E-state index in [9.17, 15) is 22.4 Å². The van der Waals surface area contributed by atoms with Crippen LogP contribution in [-0.4, -0.2) is 50.5 Å². The smallest absolute Gasteiger partial charge is 0.244 e. The second kappa shape index (κ2) is 10.4. The molecule has 2 aromatic carbocycles. The second-order valence-corrected chi connectivity index (χ2v) is 9.20. The maximum Gasteiger partial charge on any atom is 0.244 e. The van der Waals surface area contributed by atoms with Gasteiger partial charge in [-0.3, -0.25) is 13.9 Å². The summed E-state index contributed by atoms with van der Waals surface area (Å²) in [4.78, 5) is 26.9. The first-order valence-electron chi connectivity index (χ1n) is 9.89. The Bertz CT molecular complexity index is 1040. The van der Waals surface area contributed by atoms with Crippen LogP contribution in [0.2, 0.25) is 0 Å². The molecule has 2 aromatic rings. The van der Waals surface area contributed by atoms with Crippen molar-refractivity contribution in [1.82, 2.24) is 10.2 Å². The summed E-state index contributed by atoms with van der Waals surface area (Å²) < 4.78 is 40.1. The number of benzene rings is 2. The molecule has 0 spiro atoms. The van der Waals surface area contributed by atoms with Crippen LogP contribution in [0.25, 0.3) is 0 Å². The van der Waals surface area contributed by atoms with Crippen molar-refractivity contribution in [2.75, 3.05) is 23.7 Å². The monoisotopic (exact) mass is 449 g/mol.